The Balaban J connectivity index is 1.78. The molecule has 1 aliphatic carbocycles. The molecule has 18 heavy (non-hydrogen) atoms. The van der Waals surface area contributed by atoms with Gasteiger partial charge in [-0.25, -0.2) is 0 Å². The third-order valence-electron chi connectivity index (χ3n) is 3.67. The molecule has 0 aliphatic heterocycles. The Morgan fingerprint density at radius 1 is 1.17 bits per heavy atom. The molecule has 0 fully saturated rings. The van der Waals surface area contributed by atoms with E-state index < -0.39 is 0 Å². The third-order valence-corrected chi connectivity index (χ3v) is 3.67. The Morgan fingerprint density at radius 2 is 2.06 bits per heavy atom. The number of hydrogen-bond acceptors (Lipinski definition) is 2. The minimum absolute atomic E-state index is 0.320. The summed E-state index contributed by atoms with van der Waals surface area (Å²) in [4.78, 5) is 4.13. The van der Waals surface area contributed by atoms with Crippen LogP contribution in [-0.2, 0) is 12.8 Å². The Hall–Kier alpha value is -1.83. The molecule has 2 aromatic rings. The van der Waals surface area contributed by atoms with Gasteiger partial charge in [-0.15, -0.1) is 0 Å². The lowest BCUT2D eigenvalue weighted by atomic mass is 10.0. The fourth-order valence-corrected chi connectivity index (χ4v) is 2.64. The van der Waals surface area contributed by atoms with Crippen LogP contribution in [0.4, 0.5) is 5.69 Å². The molecule has 2 nitrogen and oxygen atoms in total. The fraction of sp³-hybridized carbons (Fsp3) is 0.312. The first-order valence-corrected chi connectivity index (χ1v) is 6.61. The monoisotopic (exact) mass is 238 g/mol. The second-order valence-electron chi connectivity index (χ2n) is 4.99. The molecule has 92 valence electrons. The van der Waals surface area contributed by atoms with Crippen molar-refractivity contribution in [2.75, 3.05) is 5.32 Å². The van der Waals surface area contributed by atoms with Gasteiger partial charge in [-0.2, -0.15) is 0 Å². The third kappa shape index (κ3) is 2.23. The van der Waals surface area contributed by atoms with E-state index in [1.807, 2.05) is 12.3 Å². The van der Waals surface area contributed by atoms with Gasteiger partial charge in [0.15, 0.2) is 0 Å². The number of benzene rings is 1. The zero-order valence-electron chi connectivity index (χ0n) is 10.7. The van der Waals surface area contributed by atoms with E-state index in [-0.39, 0.29) is 0 Å². The summed E-state index contributed by atoms with van der Waals surface area (Å²) in [5, 5.41) is 3.49. The lowest BCUT2D eigenvalue weighted by molar-refractivity contribution is 0.877. The van der Waals surface area contributed by atoms with E-state index in [4.69, 9.17) is 0 Å². The van der Waals surface area contributed by atoms with Crippen LogP contribution in [0.25, 0.3) is 0 Å². The maximum Gasteiger partial charge on any atom is 0.0531 e. The number of nitrogens with one attached hydrogen (secondary N) is 1. The molecule has 0 amide bonds. The molecule has 1 aromatic carbocycles. The molecule has 3 rings (SSSR count). The van der Waals surface area contributed by atoms with Crippen molar-refractivity contribution in [3.05, 3.63) is 59.4 Å². The topological polar surface area (TPSA) is 24.9 Å². The van der Waals surface area contributed by atoms with Crippen molar-refractivity contribution in [1.29, 1.82) is 0 Å². The lowest BCUT2D eigenvalue weighted by Crippen LogP contribution is -2.07. The summed E-state index contributed by atoms with van der Waals surface area (Å²) in [5.74, 6) is 0. The van der Waals surface area contributed by atoms with E-state index in [9.17, 15) is 0 Å². The number of fused-ring (bicyclic) bond motifs is 1. The highest BCUT2D eigenvalue weighted by atomic mass is 14.9. The summed E-state index contributed by atoms with van der Waals surface area (Å²) in [7, 11) is 0. The zero-order chi connectivity index (χ0) is 12.4. The second-order valence-corrected chi connectivity index (χ2v) is 4.99. The number of aromatic nitrogens is 1. The van der Waals surface area contributed by atoms with Gasteiger partial charge in [-0.3, -0.25) is 4.98 Å². The van der Waals surface area contributed by atoms with Gasteiger partial charge in [0, 0.05) is 18.4 Å². The van der Waals surface area contributed by atoms with Crippen LogP contribution < -0.4 is 5.32 Å². The smallest absolute Gasteiger partial charge is 0.0531 e. The Kier molecular flexibility index (Phi) is 3.01. The molecule has 0 saturated heterocycles. The average Bonchev–Trinajstić information content (AvgIpc) is 2.87. The van der Waals surface area contributed by atoms with Crippen molar-refractivity contribution in [3.63, 3.8) is 0 Å². The zero-order valence-corrected chi connectivity index (χ0v) is 10.7. The highest BCUT2D eigenvalue weighted by Crippen LogP contribution is 2.26. The Morgan fingerprint density at radius 3 is 2.89 bits per heavy atom. The Labute approximate surface area is 108 Å². The summed E-state index contributed by atoms with van der Waals surface area (Å²) in [6.45, 7) is 2.20. The fourth-order valence-electron chi connectivity index (χ4n) is 2.64. The van der Waals surface area contributed by atoms with Crippen LogP contribution in [0.15, 0.2) is 42.7 Å². The van der Waals surface area contributed by atoms with E-state index in [2.05, 4.69) is 41.5 Å². The average molecular weight is 238 g/mol. The summed E-state index contributed by atoms with van der Waals surface area (Å²) < 4.78 is 0. The van der Waals surface area contributed by atoms with Gasteiger partial charge in [0.1, 0.15) is 0 Å². The number of aryl methyl sites for hydroxylation is 2. The molecule has 1 N–H and O–H groups in total. The van der Waals surface area contributed by atoms with Crippen molar-refractivity contribution in [3.8, 4) is 0 Å². The first-order chi connectivity index (χ1) is 8.83. The van der Waals surface area contributed by atoms with Crippen molar-refractivity contribution in [1.82, 2.24) is 4.98 Å². The van der Waals surface area contributed by atoms with Crippen molar-refractivity contribution < 1.29 is 0 Å². The normalized spacial score (nSPS) is 15.2. The molecular formula is C16H18N2. The molecule has 1 unspecified atom stereocenters. The van der Waals surface area contributed by atoms with Crippen LogP contribution in [0.3, 0.4) is 0 Å². The molecule has 0 saturated carbocycles. The standard InChI is InChI=1S/C16H18N2/c1-12(18-16-6-3-9-17-11-16)14-8-7-13-4-2-5-15(13)10-14/h3,6-12,18H,2,4-5H2,1H3. The van der Waals surface area contributed by atoms with Crippen molar-refractivity contribution >= 4 is 5.69 Å². The van der Waals surface area contributed by atoms with Crippen molar-refractivity contribution in [2.24, 2.45) is 0 Å². The van der Waals surface area contributed by atoms with E-state index in [0.717, 1.165) is 5.69 Å². The molecule has 0 spiro atoms. The maximum absolute atomic E-state index is 4.13. The molecule has 0 bridgehead atoms. The predicted octanol–water partition coefficient (Wildman–Crippen LogP) is 3.74. The molecule has 1 aliphatic rings. The van der Waals surface area contributed by atoms with Crippen LogP contribution in [0.2, 0.25) is 0 Å². The number of pyridine rings is 1. The molecular weight excluding hydrogens is 220 g/mol. The molecule has 0 radical (unpaired) electrons. The van der Waals surface area contributed by atoms with E-state index in [1.165, 1.54) is 36.0 Å². The summed E-state index contributed by atoms with van der Waals surface area (Å²) in [6.07, 6.45) is 7.46. The van der Waals surface area contributed by atoms with E-state index >= 15 is 0 Å². The highest BCUT2D eigenvalue weighted by molar-refractivity contribution is 5.44. The molecule has 1 aromatic heterocycles. The van der Waals surface area contributed by atoms with E-state index in [0.29, 0.717) is 6.04 Å². The first kappa shape index (κ1) is 11.3. The van der Waals surface area contributed by atoms with Gasteiger partial charge in [0.2, 0.25) is 0 Å². The SMILES string of the molecule is CC(Nc1cccnc1)c1ccc2c(c1)CCC2. The predicted molar refractivity (Wildman–Crippen MR) is 74.7 cm³/mol. The van der Waals surface area contributed by atoms with Gasteiger partial charge in [-0.05, 0) is 55.0 Å². The largest absolute Gasteiger partial charge is 0.377 e. The van der Waals surface area contributed by atoms with Crippen molar-refractivity contribution in [2.45, 2.75) is 32.2 Å². The minimum atomic E-state index is 0.320. The summed E-state index contributed by atoms with van der Waals surface area (Å²) in [5.41, 5.74) is 5.50. The number of nitrogens with zero attached hydrogens (tertiary/aromatic N) is 1. The van der Waals surface area contributed by atoms with Gasteiger partial charge < -0.3 is 5.32 Å². The quantitative estimate of drug-likeness (QED) is 0.881. The molecule has 2 heteroatoms. The second kappa shape index (κ2) is 4.81. The van der Waals surface area contributed by atoms with Crippen LogP contribution in [0, 0.1) is 0 Å². The molecule has 1 heterocycles. The van der Waals surface area contributed by atoms with Gasteiger partial charge in [0.25, 0.3) is 0 Å². The lowest BCUT2D eigenvalue weighted by Gasteiger charge is -2.16. The van der Waals surface area contributed by atoms with Crippen LogP contribution in [0.1, 0.15) is 36.1 Å². The summed E-state index contributed by atoms with van der Waals surface area (Å²) in [6, 6.07) is 11.2. The maximum atomic E-state index is 4.13. The Bertz CT molecular complexity index is 534. The number of rotatable bonds is 3. The van der Waals surface area contributed by atoms with Crippen LogP contribution >= 0.6 is 0 Å². The molecule has 1 atom stereocenters. The number of hydrogen-bond donors (Lipinski definition) is 1. The highest BCUT2D eigenvalue weighted by Gasteiger charge is 2.13. The summed E-state index contributed by atoms with van der Waals surface area (Å²) >= 11 is 0. The van der Waals surface area contributed by atoms with Gasteiger partial charge >= 0.3 is 0 Å². The minimum Gasteiger partial charge on any atom is -0.377 e. The number of anilines is 1. The van der Waals surface area contributed by atoms with Crippen LogP contribution in [-0.4, -0.2) is 4.98 Å². The van der Waals surface area contributed by atoms with E-state index in [1.54, 1.807) is 6.20 Å². The van der Waals surface area contributed by atoms with Gasteiger partial charge in [-0.1, -0.05) is 18.2 Å². The van der Waals surface area contributed by atoms with Gasteiger partial charge in [0.05, 0.1) is 5.69 Å². The first-order valence-electron chi connectivity index (χ1n) is 6.61. The van der Waals surface area contributed by atoms with Crippen LogP contribution in [0.5, 0.6) is 0 Å².